The molecular weight excluding hydrogens is 919 g/mol. The zero-order valence-electron chi connectivity index (χ0n) is 46.9. The Labute approximate surface area is 447 Å². The van der Waals surface area contributed by atoms with Gasteiger partial charge in [-0.15, -0.1) is 0 Å². The standard InChI is InChI=1S/C62H115NO10/c1-3-5-7-9-11-13-15-17-19-20-21-22-23-24-25-26-27-28-29-30-31-32-33-34-36-37-39-41-43-45-47-49-54(65)57(67)53(52-72-62-60(70)59(69)58(68)56(51-64)73-62)63-61(71)55(66)50-48-46-44-42-40-38-35-18-16-14-12-10-8-6-4-2/h30-31,34-36,38,41,43,53-60,62,64-70H,3-29,32-33,37,39-40,42,44-52H2,1-2H3,(H,63,71)/b31-30+,36-34+,38-35-,43-41+. The maximum absolute atomic E-state index is 13.1. The lowest BCUT2D eigenvalue weighted by atomic mass is 9.98. The van der Waals surface area contributed by atoms with Gasteiger partial charge in [0.05, 0.1) is 25.4 Å². The predicted molar refractivity (Wildman–Crippen MR) is 302 cm³/mol. The first-order chi connectivity index (χ1) is 35.7. The molecule has 1 heterocycles. The van der Waals surface area contributed by atoms with Gasteiger partial charge in [-0.1, -0.05) is 229 Å². The average molecular weight is 1030 g/mol. The van der Waals surface area contributed by atoms with Crippen molar-refractivity contribution in [3.8, 4) is 0 Å². The first kappa shape index (κ1) is 69.1. The lowest BCUT2D eigenvalue weighted by Gasteiger charge is -2.40. The normalized spacial score (nSPS) is 20.3. The van der Waals surface area contributed by atoms with E-state index in [1.165, 1.54) is 167 Å². The summed E-state index contributed by atoms with van der Waals surface area (Å²) in [6.45, 7) is 3.44. The van der Waals surface area contributed by atoms with Gasteiger partial charge in [0.15, 0.2) is 6.29 Å². The van der Waals surface area contributed by atoms with Gasteiger partial charge in [0.2, 0.25) is 5.91 Å². The number of carbonyl (C=O) groups is 1. The zero-order chi connectivity index (χ0) is 53.3. The van der Waals surface area contributed by atoms with Crippen LogP contribution in [0.15, 0.2) is 48.6 Å². The Hall–Kier alpha value is -1.93. The minimum Gasteiger partial charge on any atom is -0.394 e. The number of unbranched alkanes of at least 4 members (excludes halogenated alkanes) is 32. The fourth-order valence-electron chi connectivity index (χ4n) is 9.59. The molecule has 11 heteroatoms. The highest BCUT2D eigenvalue weighted by Gasteiger charge is 2.44. The van der Waals surface area contributed by atoms with Crippen molar-refractivity contribution in [2.24, 2.45) is 0 Å². The van der Waals surface area contributed by atoms with Crippen LogP contribution in [0.3, 0.4) is 0 Å². The molecule has 1 aliphatic heterocycles. The Morgan fingerprint density at radius 2 is 0.822 bits per heavy atom. The summed E-state index contributed by atoms with van der Waals surface area (Å²) in [6.07, 6.45) is 53.3. The molecule has 1 fully saturated rings. The Balaban J connectivity index is 2.29. The summed E-state index contributed by atoms with van der Waals surface area (Å²) in [5, 5.41) is 76.1. The van der Waals surface area contributed by atoms with Crippen LogP contribution in [0.1, 0.15) is 271 Å². The lowest BCUT2D eigenvalue weighted by molar-refractivity contribution is -0.303. The van der Waals surface area contributed by atoms with E-state index in [4.69, 9.17) is 9.47 Å². The SMILES string of the molecule is CCCCCCCCC/C=C\CCCCCCC(O)C(=O)NC(COC1OC(CO)C(O)C(O)C1O)C(O)C(O)CCC/C=C/CC/C=C/CC/C=C/CCCCCCCCCCCCCCCCCCCC. The molecule has 0 saturated carbocycles. The number of hydrogen-bond donors (Lipinski definition) is 8. The molecule has 0 radical (unpaired) electrons. The molecule has 0 aromatic rings. The van der Waals surface area contributed by atoms with Crippen LogP contribution < -0.4 is 5.32 Å². The second-order valence-corrected chi connectivity index (χ2v) is 21.4. The monoisotopic (exact) mass is 1030 g/mol. The Kier molecular flexibility index (Phi) is 48.1. The Morgan fingerprint density at radius 3 is 1.22 bits per heavy atom. The van der Waals surface area contributed by atoms with Gasteiger partial charge in [-0.2, -0.15) is 0 Å². The Bertz CT molecular complexity index is 1320. The minimum absolute atomic E-state index is 0.234. The molecule has 0 spiro atoms. The maximum Gasteiger partial charge on any atom is 0.249 e. The second kappa shape index (κ2) is 50.9. The summed E-state index contributed by atoms with van der Waals surface area (Å²) in [4.78, 5) is 13.1. The molecular formula is C62H115NO10. The molecule has 1 aliphatic rings. The number of hydrogen-bond acceptors (Lipinski definition) is 10. The van der Waals surface area contributed by atoms with Crippen molar-refractivity contribution in [1.29, 1.82) is 0 Å². The van der Waals surface area contributed by atoms with E-state index in [9.17, 15) is 40.5 Å². The second-order valence-electron chi connectivity index (χ2n) is 21.4. The molecule has 1 saturated heterocycles. The summed E-state index contributed by atoms with van der Waals surface area (Å²) in [5.74, 6) is -0.721. The molecule has 0 aliphatic carbocycles. The number of carbonyl (C=O) groups excluding carboxylic acids is 1. The number of aliphatic hydroxyl groups excluding tert-OH is 7. The Morgan fingerprint density at radius 1 is 0.466 bits per heavy atom. The summed E-state index contributed by atoms with van der Waals surface area (Å²) >= 11 is 0. The van der Waals surface area contributed by atoms with Crippen molar-refractivity contribution >= 4 is 5.91 Å². The average Bonchev–Trinajstić information content (AvgIpc) is 3.39. The number of aliphatic hydroxyl groups is 7. The van der Waals surface area contributed by atoms with Gasteiger partial charge in [0.1, 0.15) is 36.6 Å². The van der Waals surface area contributed by atoms with Crippen LogP contribution in [0.4, 0.5) is 0 Å². The number of amides is 1. The van der Waals surface area contributed by atoms with Crippen molar-refractivity contribution in [1.82, 2.24) is 5.32 Å². The van der Waals surface area contributed by atoms with Gasteiger partial charge in [-0.25, -0.2) is 0 Å². The van der Waals surface area contributed by atoms with Crippen LogP contribution >= 0.6 is 0 Å². The smallest absolute Gasteiger partial charge is 0.249 e. The van der Waals surface area contributed by atoms with E-state index in [1.807, 2.05) is 0 Å². The fraction of sp³-hybridized carbons (Fsp3) is 0.855. The van der Waals surface area contributed by atoms with E-state index in [1.54, 1.807) is 0 Å². The molecule has 11 nitrogen and oxygen atoms in total. The van der Waals surface area contributed by atoms with Gasteiger partial charge in [0.25, 0.3) is 0 Å². The maximum atomic E-state index is 13.1. The minimum atomic E-state index is -1.68. The molecule has 0 aromatic heterocycles. The van der Waals surface area contributed by atoms with E-state index in [0.717, 1.165) is 57.8 Å². The van der Waals surface area contributed by atoms with Gasteiger partial charge in [-0.3, -0.25) is 4.79 Å². The number of rotatable bonds is 52. The molecule has 0 bridgehead atoms. The molecule has 9 unspecified atom stereocenters. The fourth-order valence-corrected chi connectivity index (χ4v) is 9.59. The molecule has 9 atom stereocenters. The summed E-state index contributed by atoms with van der Waals surface area (Å²) in [7, 11) is 0. The first-order valence-electron chi connectivity index (χ1n) is 30.5. The van der Waals surface area contributed by atoms with Crippen molar-refractivity contribution in [2.75, 3.05) is 13.2 Å². The van der Waals surface area contributed by atoms with Crippen molar-refractivity contribution in [2.45, 2.75) is 326 Å². The third kappa shape index (κ3) is 39.1. The number of ether oxygens (including phenoxy) is 2. The quantitative estimate of drug-likeness (QED) is 0.0215. The van der Waals surface area contributed by atoms with Crippen LogP contribution in [0.25, 0.3) is 0 Å². The van der Waals surface area contributed by atoms with Crippen molar-refractivity contribution in [3.63, 3.8) is 0 Å². The number of allylic oxidation sites excluding steroid dienone is 8. The van der Waals surface area contributed by atoms with E-state index >= 15 is 0 Å². The molecule has 73 heavy (non-hydrogen) atoms. The van der Waals surface area contributed by atoms with E-state index in [2.05, 4.69) is 67.8 Å². The van der Waals surface area contributed by atoms with Crippen LogP contribution in [-0.4, -0.2) is 110 Å². The van der Waals surface area contributed by atoms with Gasteiger partial charge < -0.3 is 50.5 Å². The topological polar surface area (TPSA) is 189 Å². The van der Waals surface area contributed by atoms with Crippen LogP contribution in [0, 0.1) is 0 Å². The van der Waals surface area contributed by atoms with Crippen LogP contribution in [-0.2, 0) is 14.3 Å². The summed E-state index contributed by atoms with van der Waals surface area (Å²) in [6, 6.07) is -1.20. The third-order valence-corrected chi connectivity index (χ3v) is 14.6. The highest BCUT2D eigenvalue weighted by atomic mass is 16.7. The van der Waals surface area contributed by atoms with Gasteiger partial charge in [0, 0.05) is 0 Å². The third-order valence-electron chi connectivity index (χ3n) is 14.6. The van der Waals surface area contributed by atoms with Crippen molar-refractivity contribution < 1.29 is 50.0 Å². The highest BCUT2D eigenvalue weighted by Crippen LogP contribution is 2.23. The molecule has 0 aromatic carbocycles. The molecule has 428 valence electrons. The molecule has 8 N–H and O–H groups in total. The van der Waals surface area contributed by atoms with E-state index < -0.39 is 74.2 Å². The highest BCUT2D eigenvalue weighted by molar-refractivity contribution is 5.80. The summed E-state index contributed by atoms with van der Waals surface area (Å²) < 4.78 is 11.1. The zero-order valence-corrected chi connectivity index (χ0v) is 46.9. The van der Waals surface area contributed by atoms with Gasteiger partial charge >= 0.3 is 0 Å². The van der Waals surface area contributed by atoms with E-state index in [0.29, 0.717) is 19.3 Å². The van der Waals surface area contributed by atoms with E-state index in [-0.39, 0.29) is 12.8 Å². The lowest BCUT2D eigenvalue weighted by Crippen LogP contribution is -2.60. The molecule has 1 rings (SSSR count). The first-order valence-corrected chi connectivity index (χ1v) is 30.5. The predicted octanol–water partition coefficient (Wildman–Crippen LogP) is 13.2. The largest absolute Gasteiger partial charge is 0.394 e. The summed E-state index contributed by atoms with van der Waals surface area (Å²) in [5.41, 5.74) is 0. The van der Waals surface area contributed by atoms with Crippen LogP contribution in [0.5, 0.6) is 0 Å². The molecule has 1 amide bonds. The van der Waals surface area contributed by atoms with Crippen molar-refractivity contribution in [3.05, 3.63) is 48.6 Å². The van der Waals surface area contributed by atoms with Gasteiger partial charge in [-0.05, 0) is 89.9 Å². The van der Waals surface area contributed by atoms with Crippen LogP contribution in [0.2, 0.25) is 0 Å². The number of nitrogens with one attached hydrogen (secondary N) is 1.